The van der Waals surface area contributed by atoms with E-state index in [1.807, 2.05) is 24.3 Å². The molecule has 4 heteroatoms. The number of phenolic OH excluding ortho intramolecular Hbond substituents is 2. The molecule has 3 unspecified atom stereocenters. The van der Waals surface area contributed by atoms with Gasteiger partial charge >= 0.3 is 0 Å². The van der Waals surface area contributed by atoms with E-state index in [1.54, 1.807) is 24.3 Å². The molecule has 0 aliphatic carbocycles. The second-order valence-corrected chi connectivity index (χ2v) is 5.41. The molecule has 2 aromatic carbocycles. The predicted molar refractivity (Wildman–Crippen MR) is 78.3 cm³/mol. The zero-order valence-electron chi connectivity index (χ0n) is 11.5. The van der Waals surface area contributed by atoms with Gasteiger partial charge in [-0.05, 0) is 41.8 Å². The van der Waals surface area contributed by atoms with Gasteiger partial charge in [0.25, 0.3) is 0 Å². The highest BCUT2D eigenvalue weighted by molar-refractivity contribution is 5.31. The third-order valence-electron chi connectivity index (χ3n) is 3.99. The lowest BCUT2D eigenvalue weighted by Gasteiger charge is -2.34. The van der Waals surface area contributed by atoms with Gasteiger partial charge in [0.1, 0.15) is 11.5 Å². The standard InChI is InChI=1S/C17H18O4/c18-13-5-1-11(2-6-13)15-9-17(21-10-16(15)20)12-3-7-14(19)8-4-12/h1-8,15-20H,9-10H2. The number of hydrogen-bond acceptors (Lipinski definition) is 4. The minimum atomic E-state index is -0.553. The van der Waals surface area contributed by atoms with Gasteiger partial charge in [-0.25, -0.2) is 0 Å². The van der Waals surface area contributed by atoms with Crippen molar-refractivity contribution < 1.29 is 20.1 Å². The van der Waals surface area contributed by atoms with E-state index in [4.69, 9.17) is 4.74 Å². The molecule has 3 atom stereocenters. The minimum absolute atomic E-state index is 0.0295. The number of aliphatic hydroxyl groups excluding tert-OH is 1. The Morgan fingerprint density at radius 1 is 0.810 bits per heavy atom. The molecule has 21 heavy (non-hydrogen) atoms. The van der Waals surface area contributed by atoms with E-state index in [0.717, 1.165) is 11.1 Å². The Bertz CT molecular complexity index is 591. The molecule has 0 bridgehead atoms. The SMILES string of the molecule is Oc1ccc(C2CC(c3ccc(O)cc3)C(O)CO2)cc1. The summed E-state index contributed by atoms with van der Waals surface area (Å²) in [5.74, 6) is 0.415. The molecule has 0 amide bonds. The fourth-order valence-electron chi connectivity index (χ4n) is 2.79. The maximum Gasteiger partial charge on any atom is 0.115 e. The van der Waals surface area contributed by atoms with E-state index in [9.17, 15) is 15.3 Å². The highest BCUT2D eigenvalue weighted by Gasteiger charge is 2.31. The van der Waals surface area contributed by atoms with Gasteiger partial charge in [0.2, 0.25) is 0 Å². The van der Waals surface area contributed by atoms with Crippen molar-refractivity contribution in [2.24, 2.45) is 0 Å². The molecule has 1 fully saturated rings. The Morgan fingerprint density at radius 3 is 1.90 bits per heavy atom. The van der Waals surface area contributed by atoms with Crippen LogP contribution in [0.4, 0.5) is 0 Å². The Morgan fingerprint density at radius 2 is 1.33 bits per heavy atom. The fourth-order valence-corrected chi connectivity index (χ4v) is 2.79. The fraction of sp³-hybridized carbons (Fsp3) is 0.294. The zero-order chi connectivity index (χ0) is 14.8. The van der Waals surface area contributed by atoms with Crippen LogP contribution >= 0.6 is 0 Å². The van der Waals surface area contributed by atoms with Gasteiger partial charge in [0.05, 0.1) is 18.8 Å². The molecule has 1 aliphatic rings. The van der Waals surface area contributed by atoms with Crippen molar-refractivity contribution in [1.29, 1.82) is 0 Å². The monoisotopic (exact) mass is 286 g/mol. The normalized spacial score (nSPS) is 25.7. The van der Waals surface area contributed by atoms with E-state index in [-0.39, 0.29) is 30.1 Å². The average molecular weight is 286 g/mol. The summed E-state index contributed by atoms with van der Waals surface area (Å²) in [4.78, 5) is 0. The maximum absolute atomic E-state index is 10.2. The van der Waals surface area contributed by atoms with E-state index in [0.29, 0.717) is 6.42 Å². The molecule has 0 spiro atoms. The smallest absolute Gasteiger partial charge is 0.115 e. The first-order chi connectivity index (χ1) is 10.1. The largest absolute Gasteiger partial charge is 0.508 e. The number of ether oxygens (including phenoxy) is 1. The molecule has 110 valence electrons. The van der Waals surface area contributed by atoms with Gasteiger partial charge in [0, 0.05) is 5.92 Å². The van der Waals surface area contributed by atoms with Gasteiger partial charge < -0.3 is 20.1 Å². The van der Waals surface area contributed by atoms with Gasteiger partial charge in [-0.15, -0.1) is 0 Å². The van der Waals surface area contributed by atoms with E-state index in [1.165, 1.54) is 0 Å². The summed E-state index contributed by atoms with van der Waals surface area (Å²) < 4.78 is 5.71. The van der Waals surface area contributed by atoms with E-state index in [2.05, 4.69) is 0 Å². The molecule has 0 saturated carbocycles. The summed E-state index contributed by atoms with van der Waals surface area (Å²) in [6, 6.07) is 13.9. The summed E-state index contributed by atoms with van der Waals surface area (Å²) in [6.07, 6.45) is 0.00666. The van der Waals surface area contributed by atoms with Crippen molar-refractivity contribution in [1.82, 2.24) is 0 Å². The molecular weight excluding hydrogens is 268 g/mol. The lowest BCUT2D eigenvalue weighted by molar-refractivity contribution is -0.0698. The Labute approximate surface area is 123 Å². The second kappa shape index (κ2) is 5.76. The lowest BCUT2D eigenvalue weighted by Crippen LogP contribution is -2.32. The van der Waals surface area contributed by atoms with Crippen LogP contribution < -0.4 is 0 Å². The summed E-state index contributed by atoms with van der Waals surface area (Å²) in [6.45, 7) is 0.275. The molecular formula is C17H18O4. The van der Waals surface area contributed by atoms with Crippen molar-refractivity contribution in [3.8, 4) is 11.5 Å². The number of benzene rings is 2. The van der Waals surface area contributed by atoms with Crippen LogP contribution in [0.5, 0.6) is 11.5 Å². The lowest BCUT2D eigenvalue weighted by atomic mass is 9.84. The van der Waals surface area contributed by atoms with Gasteiger partial charge in [-0.2, -0.15) is 0 Å². The second-order valence-electron chi connectivity index (χ2n) is 5.41. The van der Waals surface area contributed by atoms with E-state index < -0.39 is 6.10 Å². The number of rotatable bonds is 2. The highest BCUT2D eigenvalue weighted by atomic mass is 16.5. The van der Waals surface area contributed by atoms with Gasteiger partial charge in [-0.3, -0.25) is 0 Å². The van der Waals surface area contributed by atoms with Crippen molar-refractivity contribution >= 4 is 0 Å². The Kier molecular flexibility index (Phi) is 3.82. The Hall–Kier alpha value is -2.04. The molecule has 4 nitrogen and oxygen atoms in total. The minimum Gasteiger partial charge on any atom is -0.508 e. The molecule has 1 heterocycles. The van der Waals surface area contributed by atoms with Crippen molar-refractivity contribution in [2.45, 2.75) is 24.5 Å². The number of phenols is 2. The third kappa shape index (κ3) is 3.01. The van der Waals surface area contributed by atoms with E-state index >= 15 is 0 Å². The van der Waals surface area contributed by atoms with Crippen LogP contribution in [0.15, 0.2) is 48.5 Å². The molecule has 0 radical (unpaired) electrons. The first-order valence-corrected chi connectivity index (χ1v) is 7.01. The topological polar surface area (TPSA) is 69.9 Å². The summed E-state index contributed by atoms with van der Waals surface area (Å²) in [5, 5.41) is 28.9. The highest BCUT2D eigenvalue weighted by Crippen LogP contribution is 2.38. The molecule has 1 aliphatic heterocycles. The molecule has 3 rings (SSSR count). The number of aliphatic hydroxyl groups is 1. The molecule has 2 aromatic rings. The molecule has 1 saturated heterocycles. The van der Waals surface area contributed by atoms with Crippen LogP contribution in [0.3, 0.4) is 0 Å². The van der Waals surface area contributed by atoms with Crippen LogP contribution in [0.2, 0.25) is 0 Å². The maximum atomic E-state index is 10.2. The summed E-state index contributed by atoms with van der Waals surface area (Å²) >= 11 is 0. The number of hydrogen-bond donors (Lipinski definition) is 3. The van der Waals surface area contributed by atoms with Crippen molar-refractivity contribution in [3.63, 3.8) is 0 Å². The molecule has 3 N–H and O–H groups in total. The first-order valence-electron chi connectivity index (χ1n) is 7.01. The summed E-state index contributed by atoms with van der Waals surface area (Å²) in [7, 11) is 0. The third-order valence-corrected chi connectivity index (χ3v) is 3.99. The average Bonchev–Trinajstić information content (AvgIpc) is 2.50. The van der Waals surface area contributed by atoms with Gasteiger partial charge in [0.15, 0.2) is 0 Å². The summed E-state index contributed by atoms with van der Waals surface area (Å²) in [5.41, 5.74) is 1.98. The quantitative estimate of drug-likeness (QED) is 0.794. The molecule has 0 aromatic heterocycles. The van der Waals surface area contributed by atoms with Crippen molar-refractivity contribution in [2.75, 3.05) is 6.61 Å². The van der Waals surface area contributed by atoms with Crippen LogP contribution in [0, 0.1) is 0 Å². The van der Waals surface area contributed by atoms with Crippen molar-refractivity contribution in [3.05, 3.63) is 59.7 Å². The van der Waals surface area contributed by atoms with Crippen LogP contribution in [0.25, 0.3) is 0 Å². The van der Waals surface area contributed by atoms with Crippen LogP contribution in [-0.2, 0) is 4.74 Å². The predicted octanol–water partition coefficient (Wildman–Crippen LogP) is 2.70. The number of aromatic hydroxyl groups is 2. The zero-order valence-corrected chi connectivity index (χ0v) is 11.5. The first kappa shape index (κ1) is 13.9. The van der Waals surface area contributed by atoms with Crippen LogP contribution in [0.1, 0.15) is 29.6 Å². The van der Waals surface area contributed by atoms with Gasteiger partial charge in [-0.1, -0.05) is 24.3 Å². The van der Waals surface area contributed by atoms with Crippen LogP contribution in [-0.4, -0.2) is 28.0 Å². The Balaban J connectivity index is 1.81.